The molecule has 0 aliphatic carbocycles. The molecule has 1 aromatic carbocycles. The van der Waals surface area contributed by atoms with Gasteiger partial charge in [0.15, 0.2) is 12.4 Å². The van der Waals surface area contributed by atoms with Crippen LogP contribution in [0.5, 0.6) is 5.75 Å². The van der Waals surface area contributed by atoms with Crippen molar-refractivity contribution in [2.75, 3.05) is 11.9 Å². The van der Waals surface area contributed by atoms with Crippen LogP contribution in [0.15, 0.2) is 24.3 Å². The molecular formula is C16H21N3O2. The van der Waals surface area contributed by atoms with Gasteiger partial charge < -0.3 is 10.1 Å². The molecule has 5 nitrogen and oxygen atoms in total. The Morgan fingerprint density at radius 1 is 1.29 bits per heavy atom. The van der Waals surface area contributed by atoms with Crippen LogP contribution in [0.3, 0.4) is 0 Å². The summed E-state index contributed by atoms with van der Waals surface area (Å²) in [5, 5.41) is 9.65. The fraction of sp³-hybridized carbons (Fsp3) is 0.375. The number of hydrogen-bond acceptors (Lipinski definition) is 3. The van der Waals surface area contributed by atoms with E-state index < -0.39 is 0 Å². The molecular weight excluding hydrogens is 266 g/mol. The molecule has 1 heterocycles. The van der Waals surface area contributed by atoms with E-state index in [1.807, 2.05) is 38.1 Å². The Morgan fingerprint density at radius 3 is 2.67 bits per heavy atom. The van der Waals surface area contributed by atoms with E-state index in [1.54, 1.807) is 0 Å². The lowest BCUT2D eigenvalue weighted by molar-refractivity contribution is -0.118. The van der Waals surface area contributed by atoms with Crippen LogP contribution in [0.2, 0.25) is 0 Å². The molecule has 2 rings (SSSR count). The molecule has 0 aliphatic rings. The van der Waals surface area contributed by atoms with E-state index in [-0.39, 0.29) is 12.5 Å². The molecule has 2 N–H and O–H groups in total. The minimum absolute atomic E-state index is 0.0353. The number of H-pyrrole nitrogens is 1. The van der Waals surface area contributed by atoms with Gasteiger partial charge in [-0.05, 0) is 43.0 Å². The second kappa shape index (κ2) is 6.43. The molecule has 0 radical (unpaired) electrons. The zero-order valence-corrected chi connectivity index (χ0v) is 12.9. The summed E-state index contributed by atoms with van der Waals surface area (Å²) in [6, 6.07) is 7.60. The Balaban J connectivity index is 1.88. The highest BCUT2D eigenvalue weighted by Crippen LogP contribution is 2.17. The predicted molar refractivity (Wildman–Crippen MR) is 82.7 cm³/mol. The Bertz CT molecular complexity index is 632. The fourth-order valence-electron chi connectivity index (χ4n) is 1.83. The largest absolute Gasteiger partial charge is 0.484 e. The summed E-state index contributed by atoms with van der Waals surface area (Å²) < 4.78 is 5.48. The molecule has 0 aliphatic heterocycles. The second-order valence-corrected chi connectivity index (χ2v) is 5.45. The summed E-state index contributed by atoms with van der Waals surface area (Å²) in [6.07, 6.45) is 0. The van der Waals surface area contributed by atoms with Gasteiger partial charge in [0.1, 0.15) is 5.75 Å². The summed E-state index contributed by atoms with van der Waals surface area (Å²) in [6.45, 7) is 8.13. The van der Waals surface area contributed by atoms with E-state index in [0.717, 1.165) is 11.3 Å². The van der Waals surface area contributed by atoms with Gasteiger partial charge in [-0.2, -0.15) is 5.10 Å². The number of carbonyl (C=O) groups is 1. The maximum Gasteiger partial charge on any atom is 0.263 e. The highest BCUT2D eigenvalue weighted by molar-refractivity contribution is 5.90. The molecule has 2 aromatic rings. The number of ether oxygens (including phenoxy) is 1. The molecule has 0 saturated heterocycles. The van der Waals surface area contributed by atoms with Crippen LogP contribution in [-0.2, 0) is 4.79 Å². The third-order valence-electron chi connectivity index (χ3n) is 3.34. The molecule has 0 spiro atoms. The van der Waals surface area contributed by atoms with Gasteiger partial charge >= 0.3 is 0 Å². The Morgan fingerprint density at radius 2 is 2.05 bits per heavy atom. The summed E-state index contributed by atoms with van der Waals surface area (Å²) in [4.78, 5) is 11.8. The zero-order chi connectivity index (χ0) is 15.4. The smallest absolute Gasteiger partial charge is 0.263 e. The first-order valence-electron chi connectivity index (χ1n) is 7.01. The number of nitrogens with one attached hydrogen (secondary N) is 2. The number of hydrogen-bond donors (Lipinski definition) is 2. The molecule has 1 amide bonds. The standard InChI is InChI=1S/C16H21N3O2/c1-10(2)14-8-15(19-18-14)17-16(20)9-21-13-6-5-11(3)12(4)7-13/h5-8,10H,9H2,1-4H3,(H2,17,18,19,20). The van der Waals surface area contributed by atoms with Crippen molar-refractivity contribution < 1.29 is 9.53 Å². The summed E-state index contributed by atoms with van der Waals surface area (Å²) >= 11 is 0. The number of aromatic nitrogens is 2. The molecule has 0 bridgehead atoms. The monoisotopic (exact) mass is 287 g/mol. The van der Waals surface area contributed by atoms with Gasteiger partial charge in [0, 0.05) is 11.8 Å². The first kappa shape index (κ1) is 15.1. The average molecular weight is 287 g/mol. The van der Waals surface area contributed by atoms with E-state index in [2.05, 4.69) is 29.4 Å². The number of benzene rings is 1. The lowest BCUT2D eigenvalue weighted by atomic mass is 10.1. The van der Waals surface area contributed by atoms with Crippen molar-refractivity contribution in [2.24, 2.45) is 0 Å². The Labute approximate surface area is 124 Å². The van der Waals surface area contributed by atoms with Crippen LogP contribution in [-0.4, -0.2) is 22.7 Å². The lowest BCUT2D eigenvalue weighted by Crippen LogP contribution is -2.20. The molecule has 0 saturated carbocycles. The van der Waals surface area contributed by atoms with Gasteiger partial charge in [0.2, 0.25) is 0 Å². The van der Waals surface area contributed by atoms with Crippen molar-refractivity contribution in [1.29, 1.82) is 0 Å². The average Bonchev–Trinajstić information content (AvgIpc) is 2.89. The van der Waals surface area contributed by atoms with Crippen molar-refractivity contribution in [3.63, 3.8) is 0 Å². The highest BCUT2D eigenvalue weighted by atomic mass is 16.5. The first-order chi connectivity index (χ1) is 9.95. The minimum atomic E-state index is -0.227. The lowest BCUT2D eigenvalue weighted by Gasteiger charge is -2.07. The molecule has 0 atom stereocenters. The fourth-order valence-corrected chi connectivity index (χ4v) is 1.83. The summed E-state index contributed by atoms with van der Waals surface area (Å²) in [5.74, 6) is 1.33. The topological polar surface area (TPSA) is 67.0 Å². The van der Waals surface area contributed by atoms with Gasteiger partial charge in [-0.1, -0.05) is 19.9 Å². The van der Waals surface area contributed by atoms with E-state index in [9.17, 15) is 4.79 Å². The normalized spacial score (nSPS) is 10.7. The van der Waals surface area contributed by atoms with E-state index >= 15 is 0 Å². The maximum absolute atomic E-state index is 11.8. The third kappa shape index (κ3) is 4.08. The number of carbonyl (C=O) groups excluding carboxylic acids is 1. The number of anilines is 1. The first-order valence-corrected chi connectivity index (χ1v) is 7.01. The number of aromatic amines is 1. The van der Waals surface area contributed by atoms with Gasteiger partial charge in [-0.25, -0.2) is 0 Å². The Kier molecular flexibility index (Phi) is 4.62. The predicted octanol–water partition coefficient (Wildman–Crippen LogP) is 3.17. The molecule has 1 aromatic heterocycles. The number of nitrogens with zero attached hydrogens (tertiary/aromatic N) is 1. The van der Waals surface area contributed by atoms with Crippen molar-refractivity contribution in [3.05, 3.63) is 41.1 Å². The van der Waals surface area contributed by atoms with Crippen molar-refractivity contribution in [3.8, 4) is 5.75 Å². The Hall–Kier alpha value is -2.30. The van der Waals surface area contributed by atoms with Gasteiger partial charge in [-0.15, -0.1) is 0 Å². The summed E-state index contributed by atoms with van der Waals surface area (Å²) in [7, 11) is 0. The molecule has 112 valence electrons. The van der Waals surface area contributed by atoms with E-state index in [4.69, 9.17) is 4.74 Å². The van der Waals surface area contributed by atoms with E-state index in [0.29, 0.717) is 17.5 Å². The number of rotatable bonds is 5. The van der Waals surface area contributed by atoms with Crippen LogP contribution in [0, 0.1) is 13.8 Å². The minimum Gasteiger partial charge on any atom is -0.484 e. The molecule has 0 unspecified atom stereocenters. The van der Waals surface area contributed by atoms with Crippen LogP contribution in [0.25, 0.3) is 0 Å². The highest BCUT2D eigenvalue weighted by Gasteiger charge is 2.09. The zero-order valence-electron chi connectivity index (χ0n) is 12.9. The molecule has 21 heavy (non-hydrogen) atoms. The van der Waals surface area contributed by atoms with Crippen LogP contribution < -0.4 is 10.1 Å². The SMILES string of the molecule is Cc1ccc(OCC(=O)Nc2cc(C(C)C)[nH]n2)cc1C. The third-order valence-corrected chi connectivity index (χ3v) is 3.34. The van der Waals surface area contributed by atoms with Crippen LogP contribution >= 0.6 is 0 Å². The van der Waals surface area contributed by atoms with Gasteiger partial charge in [0.25, 0.3) is 5.91 Å². The molecule has 5 heteroatoms. The second-order valence-electron chi connectivity index (χ2n) is 5.45. The van der Waals surface area contributed by atoms with Crippen molar-refractivity contribution in [1.82, 2.24) is 10.2 Å². The van der Waals surface area contributed by atoms with Crippen LogP contribution in [0.1, 0.15) is 36.6 Å². The quantitative estimate of drug-likeness (QED) is 0.887. The van der Waals surface area contributed by atoms with Crippen molar-refractivity contribution in [2.45, 2.75) is 33.6 Å². The summed E-state index contributed by atoms with van der Waals surface area (Å²) in [5.41, 5.74) is 3.33. The maximum atomic E-state index is 11.8. The van der Waals surface area contributed by atoms with Crippen LogP contribution in [0.4, 0.5) is 5.82 Å². The number of aryl methyl sites for hydroxylation is 2. The van der Waals surface area contributed by atoms with Crippen molar-refractivity contribution >= 4 is 11.7 Å². The van der Waals surface area contributed by atoms with Gasteiger partial charge in [0.05, 0.1) is 0 Å². The molecule has 0 fully saturated rings. The van der Waals surface area contributed by atoms with E-state index in [1.165, 1.54) is 5.56 Å². The number of amides is 1. The van der Waals surface area contributed by atoms with Gasteiger partial charge in [-0.3, -0.25) is 9.89 Å².